The highest BCUT2D eigenvalue weighted by Crippen LogP contribution is 2.35. The smallest absolute Gasteiger partial charge is 0.318 e. The molecule has 0 heterocycles. The molecule has 0 spiro atoms. The van der Waals surface area contributed by atoms with E-state index in [2.05, 4.69) is 6.92 Å². The molecule has 0 atom stereocenters. The average molecular weight is 228 g/mol. The van der Waals surface area contributed by atoms with Gasteiger partial charge in [-0.15, -0.1) is 0 Å². The highest BCUT2D eigenvalue weighted by atomic mass is 16.4. The van der Waals surface area contributed by atoms with Gasteiger partial charge in [0.1, 0.15) is 0 Å². The van der Waals surface area contributed by atoms with E-state index in [0.29, 0.717) is 5.92 Å². The molecule has 16 heavy (non-hydrogen) atoms. The number of carboxylic acids is 2. The third-order valence-electron chi connectivity index (χ3n) is 3.59. The molecule has 4 heteroatoms. The van der Waals surface area contributed by atoms with Gasteiger partial charge in [-0.1, -0.05) is 32.6 Å². The fourth-order valence-corrected chi connectivity index (χ4v) is 2.73. The molecule has 1 rings (SSSR count). The minimum Gasteiger partial charge on any atom is -0.481 e. The molecule has 0 bridgehead atoms. The summed E-state index contributed by atoms with van der Waals surface area (Å²) in [6.07, 6.45) is 5.78. The largest absolute Gasteiger partial charge is 0.481 e. The van der Waals surface area contributed by atoms with E-state index in [-0.39, 0.29) is 5.92 Å². The summed E-state index contributed by atoms with van der Waals surface area (Å²) >= 11 is 0. The first kappa shape index (κ1) is 13.0. The quantitative estimate of drug-likeness (QED) is 0.708. The molecule has 1 saturated carbocycles. The summed E-state index contributed by atoms with van der Waals surface area (Å²) in [4.78, 5) is 21.7. The number of aliphatic carboxylic acids is 2. The first-order valence-corrected chi connectivity index (χ1v) is 6.01. The first-order chi connectivity index (χ1) is 7.56. The maximum atomic E-state index is 10.9. The van der Waals surface area contributed by atoms with Gasteiger partial charge in [-0.2, -0.15) is 0 Å². The molecule has 0 aliphatic heterocycles. The normalized spacial score (nSPS) is 25.6. The van der Waals surface area contributed by atoms with Crippen molar-refractivity contribution in [3.8, 4) is 0 Å². The number of carbonyl (C=O) groups is 2. The van der Waals surface area contributed by atoms with Crippen LogP contribution in [-0.4, -0.2) is 22.2 Å². The standard InChI is InChI=1S/C12H20O4/c1-2-3-8-4-6-9(7-5-8)10(11(13)14)12(15)16/h8-10H,2-7H2,1H3,(H,13,14)(H,15,16). The van der Waals surface area contributed by atoms with Crippen LogP contribution in [0.25, 0.3) is 0 Å². The van der Waals surface area contributed by atoms with Crippen LogP contribution in [0.4, 0.5) is 0 Å². The highest BCUT2D eigenvalue weighted by Gasteiger charge is 2.36. The Labute approximate surface area is 95.7 Å². The number of hydrogen-bond acceptors (Lipinski definition) is 2. The molecule has 2 N–H and O–H groups in total. The second kappa shape index (κ2) is 5.87. The van der Waals surface area contributed by atoms with Gasteiger partial charge in [0.15, 0.2) is 5.92 Å². The van der Waals surface area contributed by atoms with Crippen LogP contribution >= 0.6 is 0 Å². The van der Waals surface area contributed by atoms with Crippen LogP contribution in [0.5, 0.6) is 0 Å². The molecular weight excluding hydrogens is 208 g/mol. The lowest BCUT2D eigenvalue weighted by Crippen LogP contribution is -2.33. The molecular formula is C12H20O4. The SMILES string of the molecule is CCCC1CCC(C(C(=O)O)C(=O)O)CC1. The van der Waals surface area contributed by atoms with E-state index in [1.54, 1.807) is 0 Å². The summed E-state index contributed by atoms with van der Waals surface area (Å²) in [6, 6.07) is 0. The fraction of sp³-hybridized carbons (Fsp3) is 0.833. The average Bonchev–Trinajstić information content (AvgIpc) is 2.20. The fourth-order valence-electron chi connectivity index (χ4n) is 2.73. The molecule has 0 aromatic rings. The van der Waals surface area contributed by atoms with Crippen molar-refractivity contribution in [3.05, 3.63) is 0 Å². The van der Waals surface area contributed by atoms with E-state index >= 15 is 0 Å². The van der Waals surface area contributed by atoms with Gasteiger partial charge >= 0.3 is 11.9 Å². The van der Waals surface area contributed by atoms with Gasteiger partial charge in [-0.3, -0.25) is 9.59 Å². The zero-order chi connectivity index (χ0) is 12.1. The Hall–Kier alpha value is -1.06. The van der Waals surface area contributed by atoms with E-state index in [1.807, 2.05) is 0 Å². The van der Waals surface area contributed by atoms with Crippen molar-refractivity contribution in [1.82, 2.24) is 0 Å². The highest BCUT2D eigenvalue weighted by molar-refractivity contribution is 5.93. The Morgan fingerprint density at radius 1 is 1.12 bits per heavy atom. The van der Waals surface area contributed by atoms with E-state index in [1.165, 1.54) is 6.42 Å². The van der Waals surface area contributed by atoms with Crippen LogP contribution in [0.2, 0.25) is 0 Å². The van der Waals surface area contributed by atoms with Gasteiger partial charge in [-0.25, -0.2) is 0 Å². The van der Waals surface area contributed by atoms with Crippen LogP contribution < -0.4 is 0 Å². The molecule has 0 saturated heterocycles. The predicted octanol–water partition coefficient (Wildman–Crippen LogP) is 2.38. The van der Waals surface area contributed by atoms with Gasteiger partial charge in [-0.05, 0) is 24.7 Å². The van der Waals surface area contributed by atoms with Gasteiger partial charge in [0.05, 0.1) is 0 Å². The third kappa shape index (κ3) is 3.22. The number of hydrogen-bond donors (Lipinski definition) is 2. The molecule has 4 nitrogen and oxygen atoms in total. The second-order valence-corrected chi connectivity index (χ2v) is 4.72. The maximum Gasteiger partial charge on any atom is 0.318 e. The Balaban J connectivity index is 2.51. The van der Waals surface area contributed by atoms with E-state index in [0.717, 1.165) is 32.1 Å². The van der Waals surface area contributed by atoms with Crippen LogP contribution in [0, 0.1) is 17.8 Å². The lowest BCUT2D eigenvalue weighted by molar-refractivity contribution is -0.158. The Morgan fingerprint density at radius 2 is 1.62 bits per heavy atom. The van der Waals surface area contributed by atoms with E-state index in [4.69, 9.17) is 10.2 Å². The summed E-state index contributed by atoms with van der Waals surface area (Å²) in [7, 11) is 0. The summed E-state index contributed by atoms with van der Waals surface area (Å²) in [6.45, 7) is 2.14. The zero-order valence-electron chi connectivity index (χ0n) is 9.69. The van der Waals surface area contributed by atoms with Crippen molar-refractivity contribution < 1.29 is 19.8 Å². The van der Waals surface area contributed by atoms with Crippen LogP contribution in [-0.2, 0) is 9.59 Å². The first-order valence-electron chi connectivity index (χ1n) is 6.01. The zero-order valence-corrected chi connectivity index (χ0v) is 9.69. The van der Waals surface area contributed by atoms with Gasteiger partial charge in [0.2, 0.25) is 0 Å². The van der Waals surface area contributed by atoms with Gasteiger partial charge in [0.25, 0.3) is 0 Å². The second-order valence-electron chi connectivity index (χ2n) is 4.72. The van der Waals surface area contributed by atoms with Gasteiger partial charge in [0, 0.05) is 0 Å². The molecule has 0 unspecified atom stereocenters. The Morgan fingerprint density at radius 3 is 2.00 bits per heavy atom. The van der Waals surface area contributed by atoms with E-state index < -0.39 is 17.9 Å². The predicted molar refractivity (Wildman–Crippen MR) is 59.1 cm³/mol. The lowest BCUT2D eigenvalue weighted by Gasteiger charge is -2.30. The Bertz CT molecular complexity index is 240. The molecule has 0 aromatic carbocycles. The van der Waals surface area contributed by atoms with Crippen molar-refractivity contribution in [1.29, 1.82) is 0 Å². The summed E-state index contributed by atoms with van der Waals surface area (Å²) in [5, 5.41) is 17.8. The number of carboxylic acid groups (broad SMARTS) is 2. The maximum absolute atomic E-state index is 10.9. The van der Waals surface area contributed by atoms with Crippen molar-refractivity contribution in [2.75, 3.05) is 0 Å². The molecule has 0 radical (unpaired) electrons. The molecule has 0 aromatic heterocycles. The molecule has 92 valence electrons. The summed E-state index contributed by atoms with van der Waals surface area (Å²) in [5.74, 6) is -3.09. The van der Waals surface area contributed by atoms with Crippen LogP contribution in [0.1, 0.15) is 45.4 Å². The lowest BCUT2D eigenvalue weighted by atomic mass is 9.74. The molecule has 1 fully saturated rings. The summed E-state index contributed by atoms with van der Waals surface area (Å²) in [5.41, 5.74) is 0. The van der Waals surface area contributed by atoms with Gasteiger partial charge < -0.3 is 10.2 Å². The minimum atomic E-state index is -1.21. The monoisotopic (exact) mass is 228 g/mol. The number of rotatable bonds is 5. The van der Waals surface area contributed by atoms with Crippen molar-refractivity contribution in [3.63, 3.8) is 0 Å². The molecule has 0 amide bonds. The Kier molecular flexibility index (Phi) is 4.77. The van der Waals surface area contributed by atoms with Crippen LogP contribution in [0.15, 0.2) is 0 Å². The summed E-state index contributed by atoms with van der Waals surface area (Å²) < 4.78 is 0. The van der Waals surface area contributed by atoms with Crippen molar-refractivity contribution in [2.45, 2.75) is 45.4 Å². The van der Waals surface area contributed by atoms with Crippen LogP contribution in [0.3, 0.4) is 0 Å². The van der Waals surface area contributed by atoms with Crippen molar-refractivity contribution in [2.24, 2.45) is 17.8 Å². The minimum absolute atomic E-state index is 0.178. The molecule has 1 aliphatic carbocycles. The van der Waals surface area contributed by atoms with E-state index in [9.17, 15) is 9.59 Å². The topological polar surface area (TPSA) is 74.6 Å². The van der Waals surface area contributed by atoms with Crippen molar-refractivity contribution >= 4 is 11.9 Å². The third-order valence-corrected chi connectivity index (χ3v) is 3.59. The molecule has 1 aliphatic rings.